The molecule has 0 saturated carbocycles. The van der Waals surface area contributed by atoms with E-state index in [2.05, 4.69) is 42.0 Å². The van der Waals surface area contributed by atoms with Crippen molar-refractivity contribution < 1.29 is 0 Å². The third-order valence-electron chi connectivity index (χ3n) is 3.08. The minimum Gasteiger partial charge on any atom is -0.262 e. The van der Waals surface area contributed by atoms with Crippen molar-refractivity contribution in [1.29, 1.82) is 0 Å². The molecule has 0 fully saturated rings. The van der Waals surface area contributed by atoms with E-state index in [-0.39, 0.29) is 21.4 Å². The van der Waals surface area contributed by atoms with Crippen LogP contribution in [0.4, 0.5) is 0 Å². The summed E-state index contributed by atoms with van der Waals surface area (Å²) >= 11 is 0. The second-order valence-electron chi connectivity index (χ2n) is 3.92. The normalized spacial score (nSPS) is 15.2. The van der Waals surface area contributed by atoms with Gasteiger partial charge in [0, 0.05) is 14.1 Å². The molecule has 5 heteroatoms. The molecule has 0 saturated heterocycles. The van der Waals surface area contributed by atoms with Gasteiger partial charge in [0.15, 0.2) is 0 Å². The molecule has 2 unspecified atom stereocenters. The van der Waals surface area contributed by atoms with Gasteiger partial charge in [-0.2, -0.15) is 0 Å². The molecule has 0 aliphatic rings. The lowest BCUT2D eigenvalue weighted by atomic mass is 10.1. The van der Waals surface area contributed by atoms with Crippen LogP contribution in [0.5, 0.6) is 0 Å². The molecule has 17 heavy (non-hydrogen) atoms. The van der Waals surface area contributed by atoms with E-state index in [0.29, 0.717) is 0 Å². The Balaban J connectivity index is 3.62. The third-order valence-corrected chi connectivity index (χ3v) is 6.09. The molecule has 0 spiro atoms. The first-order valence-electron chi connectivity index (χ1n) is 5.43. The number of nitrogens with zero attached hydrogens (tertiary/aromatic N) is 3. The highest BCUT2D eigenvalue weighted by atomic mass is 32.2. The maximum absolute atomic E-state index is 4.81. The molecule has 1 rings (SSSR count). The summed E-state index contributed by atoms with van der Waals surface area (Å²) in [6.45, 7) is 6.44. The second-order valence-corrected chi connectivity index (χ2v) is 7.33. The van der Waals surface area contributed by atoms with Crippen LogP contribution in [-0.2, 0) is 21.4 Å². The van der Waals surface area contributed by atoms with Crippen LogP contribution >= 0.6 is 0 Å². The van der Waals surface area contributed by atoms with E-state index in [4.69, 9.17) is 4.98 Å². The molecule has 1 aromatic rings. The van der Waals surface area contributed by atoms with Gasteiger partial charge in [-0.3, -0.25) is 8.73 Å². The highest BCUT2D eigenvalue weighted by Gasteiger charge is 2.13. The van der Waals surface area contributed by atoms with Crippen molar-refractivity contribution in [3.8, 4) is 0 Å². The van der Waals surface area contributed by atoms with E-state index in [0.717, 1.165) is 10.1 Å². The molecule has 96 valence electrons. The van der Waals surface area contributed by atoms with Gasteiger partial charge in [-0.25, -0.2) is 4.98 Å². The van der Waals surface area contributed by atoms with Gasteiger partial charge in [-0.05, 0) is 50.0 Å². The van der Waals surface area contributed by atoms with E-state index < -0.39 is 0 Å². The van der Waals surface area contributed by atoms with Crippen molar-refractivity contribution in [3.63, 3.8) is 0 Å². The SMILES string of the molecule is CN=S(C)c1nc(S(C)=NC)c(C)c(C)c1C. The molecule has 0 aliphatic carbocycles. The number of hydrogen-bond donors (Lipinski definition) is 0. The van der Waals surface area contributed by atoms with Crippen molar-refractivity contribution in [2.45, 2.75) is 30.8 Å². The molecule has 2 atom stereocenters. The highest BCUT2D eigenvalue weighted by Crippen LogP contribution is 2.23. The van der Waals surface area contributed by atoms with Crippen LogP contribution in [0.1, 0.15) is 16.7 Å². The van der Waals surface area contributed by atoms with Crippen LogP contribution in [0.15, 0.2) is 18.8 Å². The van der Waals surface area contributed by atoms with Crippen LogP contribution in [0, 0.1) is 20.8 Å². The average molecular weight is 271 g/mol. The van der Waals surface area contributed by atoms with Crippen LogP contribution in [0.25, 0.3) is 0 Å². The topological polar surface area (TPSA) is 37.6 Å². The van der Waals surface area contributed by atoms with Crippen molar-refractivity contribution in [3.05, 3.63) is 16.7 Å². The number of rotatable bonds is 2. The van der Waals surface area contributed by atoms with E-state index in [1.165, 1.54) is 16.7 Å². The molecule has 0 aliphatic heterocycles. The monoisotopic (exact) mass is 271 g/mol. The number of hydrogen-bond acceptors (Lipinski definition) is 3. The van der Waals surface area contributed by atoms with Crippen molar-refractivity contribution in [2.75, 3.05) is 26.6 Å². The maximum Gasteiger partial charge on any atom is 0.111 e. The molecule has 0 N–H and O–H groups in total. The molecule has 1 aromatic heterocycles. The first-order valence-corrected chi connectivity index (χ1v) is 8.61. The third kappa shape index (κ3) is 2.83. The molecule has 0 radical (unpaired) electrons. The van der Waals surface area contributed by atoms with Gasteiger partial charge in [0.1, 0.15) is 10.1 Å². The van der Waals surface area contributed by atoms with Crippen molar-refractivity contribution in [2.24, 2.45) is 8.73 Å². The van der Waals surface area contributed by atoms with Gasteiger partial charge < -0.3 is 0 Å². The Bertz CT molecular complexity index is 463. The molecule has 0 aromatic carbocycles. The van der Waals surface area contributed by atoms with Gasteiger partial charge in [0.2, 0.25) is 0 Å². The van der Waals surface area contributed by atoms with E-state index in [1.807, 2.05) is 14.1 Å². The van der Waals surface area contributed by atoms with Gasteiger partial charge in [-0.1, -0.05) is 21.4 Å². The first-order chi connectivity index (χ1) is 7.93. The van der Waals surface area contributed by atoms with Gasteiger partial charge in [-0.15, -0.1) is 0 Å². The fraction of sp³-hybridized carbons (Fsp3) is 0.583. The summed E-state index contributed by atoms with van der Waals surface area (Å²) < 4.78 is 8.71. The standard InChI is InChI=1S/C12H21N3S2/c1-8-9(2)11(16(6)13-4)15-12(10(8)3)17(7)14-5/h1-7H3. The Kier molecular flexibility index (Phi) is 5.01. The number of aromatic nitrogens is 1. The second kappa shape index (κ2) is 5.87. The highest BCUT2D eigenvalue weighted by molar-refractivity contribution is 7.87. The summed E-state index contributed by atoms with van der Waals surface area (Å²) in [4.78, 5) is 4.81. The zero-order chi connectivity index (χ0) is 13.2. The smallest absolute Gasteiger partial charge is 0.111 e. The van der Waals surface area contributed by atoms with E-state index >= 15 is 0 Å². The van der Waals surface area contributed by atoms with Gasteiger partial charge in [0.25, 0.3) is 0 Å². The summed E-state index contributed by atoms with van der Waals surface area (Å²) in [7, 11) is 3.47. The Hall–Kier alpha value is -0.550. The largest absolute Gasteiger partial charge is 0.262 e. The molecule has 3 nitrogen and oxygen atoms in total. The van der Waals surface area contributed by atoms with Gasteiger partial charge in [0.05, 0.1) is 0 Å². The molecule has 1 heterocycles. The summed E-state index contributed by atoms with van der Waals surface area (Å²) in [6.07, 6.45) is 4.23. The van der Waals surface area contributed by atoms with Crippen molar-refractivity contribution >= 4 is 21.4 Å². The first kappa shape index (κ1) is 14.5. The molecular formula is C12H21N3S2. The maximum atomic E-state index is 4.81. The predicted octanol–water partition coefficient (Wildman–Crippen LogP) is 2.85. The Labute approximate surface area is 109 Å². The average Bonchev–Trinajstić information content (AvgIpc) is 2.34. The van der Waals surface area contributed by atoms with Crippen LogP contribution < -0.4 is 0 Å². The van der Waals surface area contributed by atoms with Crippen LogP contribution in [-0.4, -0.2) is 31.6 Å². The fourth-order valence-corrected chi connectivity index (χ4v) is 3.65. The lowest BCUT2D eigenvalue weighted by Gasteiger charge is -2.15. The molecule has 0 bridgehead atoms. The van der Waals surface area contributed by atoms with Crippen LogP contribution in [0.3, 0.4) is 0 Å². The summed E-state index contributed by atoms with van der Waals surface area (Å²) in [5, 5.41) is 2.24. The predicted molar refractivity (Wildman–Crippen MR) is 78.3 cm³/mol. The lowest BCUT2D eigenvalue weighted by Crippen LogP contribution is -2.07. The lowest BCUT2D eigenvalue weighted by molar-refractivity contribution is 0.920. The van der Waals surface area contributed by atoms with E-state index in [1.54, 1.807) is 0 Å². The zero-order valence-corrected chi connectivity index (χ0v) is 13.3. The number of pyridine rings is 1. The minimum absolute atomic E-state index is 0.123. The Morgan fingerprint density at radius 2 is 1.12 bits per heavy atom. The molecule has 0 amide bonds. The van der Waals surface area contributed by atoms with E-state index in [9.17, 15) is 0 Å². The van der Waals surface area contributed by atoms with Gasteiger partial charge >= 0.3 is 0 Å². The summed E-state index contributed by atoms with van der Waals surface area (Å²) in [5.41, 5.74) is 3.88. The van der Waals surface area contributed by atoms with Crippen molar-refractivity contribution in [1.82, 2.24) is 4.98 Å². The minimum atomic E-state index is -0.123. The summed E-state index contributed by atoms with van der Waals surface area (Å²) in [5.74, 6) is 0. The quantitative estimate of drug-likeness (QED) is 0.815. The Morgan fingerprint density at radius 1 is 0.765 bits per heavy atom. The summed E-state index contributed by atoms with van der Waals surface area (Å²) in [6, 6.07) is 0. The van der Waals surface area contributed by atoms with Crippen LogP contribution in [0.2, 0.25) is 0 Å². The molecular weight excluding hydrogens is 250 g/mol. The fourth-order valence-electron chi connectivity index (χ4n) is 1.61. The zero-order valence-electron chi connectivity index (χ0n) is 11.7. The Morgan fingerprint density at radius 3 is 1.41 bits per heavy atom.